The summed E-state index contributed by atoms with van der Waals surface area (Å²) in [5.41, 5.74) is 0.652. The minimum atomic E-state index is -0.0498. The monoisotopic (exact) mass is 269 g/mol. The van der Waals surface area contributed by atoms with Gasteiger partial charge in [-0.2, -0.15) is 0 Å². The van der Waals surface area contributed by atoms with Crippen molar-refractivity contribution in [1.29, 1.82) is 0 Å². The van der Waals surface area contributed by atoms with E-state index in [-0.39, 0.29) is 12.5 Å². The number of allylic oxidation sites excluding steroid dienone is 2. The van der Waals surface area contributed by atoms with E-state index in [1.54, 1.807) is 23.1 Å². The second-order valence-electron chi connectivity index (χ2n) is 4.66. The number of carbonyl (C=O) groups is 1. The molecule has 0 aromatic heterocycles. The van der Waals surface area contributed by atoms with Gasteiger partial charge in [-0.25, -0.2) is 0 Å². The molecule has 0 unspecified atom stereocenters. The highest BCUT2D eigenvalue weighted by molar-refractivity contribution is 5.96. The summed E-state index contributed by atoms with van der Waals surface area (Å²) in [4.78, 5) is 13.9. The zero-order valence-corrected chi connectivity index (χ0v) is 11.0. The summed E-state index contributed by atoms with van der Waals surface area (Å²) in [6.07, 6.45) is 7.43. The third-order valence-electron chi connectivity index (χ3n) is 3.49. The first-order valence-electron chi connectivity index (χ1n) is 6.50. The van der Waals surface area contributed by atoms with E-state index in [0.29, 0.717) is 24.4 Å². The Balaban J connectivity index is 2.14. The quantitative estimate of drug-likeness (QED) is 0.850. The van der Waals surface area contributed by atoms with Crippen molar-refractivity contribution in [3.05, 3.63) is 52.6 Å². The molecule has 0 aliphatic carbocycles. The summed E-state index contributed by atoms with van der Waals surface area (Å²) >= 11 is 0. The summed E-state index contributed by atoms with van der Waals surface area (Å²) in [7, 11) is 0. The third kappa shape index (κ3) is 1.94. The number of carbonyl (C=O) groups excluding carboxylic acids is 1. The fourth-order valence-electron chi connectivity index (χ4n) is 2.49. The molecule has 0 saturated carbocycles. The van der Waals surface area contributed by atoms with Crippen LogP contribution in [0.2, 0.25) is 0 Å². The lowest BCUT2D eigenvalue weighted by Gasteiger charge is -2.25. The van der Waals surface area contributed by atoms with Gasteiger partial charge >= 0.3 is 0 Å². The van der Waals surface area contributed by atoms with Crippen LogP contribution in [-0.4, -0.2) is 35.6 Å². The van der Waals surface area contributed by atoms with Crippen molar-refractivity contribution in [3.8, 4) is 5.75 Å². The summed E-state index contributed by atoms with van der Waals surface area (Å²) in [6, 6.07) is 3.58. The number of benzene rings is 1. The first-order valence-corrected chi connectivity index (χ1v) is 6.50. The second kappa shape index (κ2) is 4.98. The lowest BCUT2D eigenvalue weighted by molar-refractivity contribution is 0.0740. The molecule has 0 radical (unpaired) electrons. The Morgan fingerprint density at radius 1 is 1.35 bits per heavy atom. The molecule has 3 rings (SSSR count). The van der Waals surface area contributed by atoms with Gasteiger partial charge in [0.05, 0.1) is 6.61 Å². The van der Waals surface area contributed by atoms with Crippen molar-refractivity contribution in [2.24, 2.45) is 0 Å². The summed E-state index contributed by atoms with van der Waals surface area (Å²) < 4.78 is 5.68. The Bertz CT molecular complexity index is 731. The molecular formula is C16H15NO3. The molecule has 0 fully saturated rings. The van der Waals surface area contributed by atoms with Gasteiger partial charge in [-0.3, -0.25) is 4.79 Å². The van der Waals surface area contributed by atoms with Crippen molar-refractivity contribution in [3.63, 3.8) is 0 Å². The van der Waals surface area contributed by atoms with Gasteiger partial charge in [0.1, 0.15) is 11.5 Å². The first-order chi connectivity index (χ1) is 9.74. The van der Waals surface area contributed by atoms with Crippen molar-refractivity contribution in [2.45, 2.75) is 0 Å². The minimum absolute atomic E-state index is 0.0273. The largest absolute Gasteiger partial charge is 0.457 e. The molecule has 2 heterocycles. The third-order valence-corrected chi connectivity index (χ3v) is 3.49. The van der Waals surface area contributed by atoms with Crippen molar-refractivity contribution in [1.82, 2.24) is 4.90 Å². The topological polar surface area (TPSA) is 49.8 Å². The Kier molecular flexibility index (Phi) is 3.16. The predicted octanol–water partition coefficient (Wildman–Crippen LogP) is 0.158. The van der Waals surface area contributed by atoms with Gasteiger partial charge in [0.25, 0.3) is 5.91 Å². The Morgan fingerprint density at radius 3 is 2.95 bits per heavy atom. The number of ether oxygens (including phenoxy) is 1. The molecule has 2 aliphatic heterocycles. The van der Waals surface area contributed by atoms with Crippen LogP contribution < -0.4 is 15.2 Å². The van der Waals surface area contributed by atoms with Crippen molar-refractivity contribution in [2.75, 3.05) is 19.7 Å². The molecule has 4 nitrogen and oxygen atoms in total. The number of hydrogen-bond donors (Lipinski definition) is 1. The molecule has 102 valence electrons. The second-order valence-corrected chi connectivity index (χ2v) is 4.66. The zero-order chi connectivity index (χ0) is 14.1. The molecule has 0 spiro atoms. The average Bonchev–Trinajstić information content (AvgIpc) is 2.49. The van der Waals surface area contributed by atoms with E-state index in [9.17, 15) is 4.79 Å². The molecular weight excluding hydrogens is 254 g/mol. The van der Waals surface area contributed by atoms with Crippen molar-refractivity contribution < 1.29 is 14.6 Å². The maximum Gasteiger partial charge on any atom is 0.254 e. The minimum Gasteiger partial charge on any atom is -0.457 e. The Labute approximate surface area is 116 Å². The number of β-amino-alcohol motifs (C(OH)–C–C–N with tert-alkyl or cyclic N) is 1. The number of amides is 1. The molecule has 2 aliphatic rings. The van der Waals surface area contributed by atoms with Crippen LogP contribution in [0.5, 0.6) is 5.75 Å². The van der Waals surface area contributed by atoms with Gasteiger partial charge < -0.3 is 14.7 Å². The van der Waals surface area contributed by atoms with E-state index in [4.69, 9.17) is 9.84 Å². The van der Waals surface area contributed by atoms with Crippen LogP contribution >= 0.6 is 0 Å². The first kappa shape index (κ1) is 12.7. The molecule has 1 aromatic carbocycles. The number of aliphatic hydroxyl groups is 1. The number of rotatable bonds is 3. The van der Waals surface area contributed by atoms with Gasteiger partial charge in [-0.15, -0.1) is 0 Å². The van der Waals surface area contributed by atoms with Gasteiger partial charge in [0, 0.05) is 23.9 Å². The van der Waals surface area contributed by atoms with Crippen LogP contribution in [0.3, 0.4) is 0 Å². The standard InChI is InChI=1S/C16H15NO3/c1-2-11-3-4-13-12-7-8-17(9-10-18)16(19)14(12)5-6-15(13)20-11/h2-7,18H,1,8-10H2. The fraction of sp³-hybridized carbons (Fsp3) is 0.188. The maximum absolute atomic E-state index is 12.3. The molecule has 0 atom stereocenters. The number of fused-ring (bicyclic) bond motifs is 3. The van der Waals surface area contributed by atoms with Crippen LogP contribution in [0.25, 0.3) is 12.2 Å². The molecule has 4 heteroatoms. The maximum atomic E-state index is 12.3. The van der Waals surface area contributed by atoms with Crippen molar-refractivity contribution >= 4 is 18.1 Å². The summed E-state index contributed by atoms with van der Waals surface area (Å²) in [6.45, 7) is 4.52. The Morgan fingerprint density at radius 2 is 2.20 bits per heavy atom. The predicted molar refractivity (Wildman–Crippen MR) is 76.5 cm³/mol. The molecule has 1 N–H and O–H groups in total. The van der Waals surface area contributed by atoms with Gasteiger partial charge in [0.2, 0.25) is 0 Å². The van der Waals surface area contributed by atoms with Crippen LogP contribution in [0.4, 0.5) is 0 Å². The van der Waals surface area contributed by atoms with Crippen LogP contribution in [-0.2, 0) is 0 Å². The molecule has 0 bridgehead atoms. The lowest BCUT2D eigenvalue weighted by Crippen LogP contribution is -2.45. The molecule has 1 aromatic rings. The van der Waals surface area contributed by atoms with Crippen LogP contribution in [0, 0.1) is 0 Å². The van der Waals surface area contributed by atoms with Gasteiger partial charge in [-0.05, 0) is 35.6 Å². The van der Waals surface area contributed by atoms with Gasteiger partial charge in [-0.1, -0.05) is 12.7 Å². The van der Waals surface area contributed by atoms with E-state index in [0.717, 1.165) is 16.2 Å². The number of hydrogen-bond acceptors (Lipinski definition) is 3. The number of nitrogens with zero attached hydrogens (tertiary/aromatic N) is 1. The number of aliphatic hydroxyl groups excluding tert-OH is 1. The lowest BCUT2D eigenvalue weighted by atomic mass is 10.0. The highest BCUT2D eigenvalue weighted by Crippen LogP contribution is 2.14. The van der Waals surface area contributed by atoms with E-state index >= 15 is 0 Å². The normalized spacial score (nSPS) is 16.1. The average molecular weight is 269 g/mol. The van der Waals surface area contributed by atoms with E-state index < -0.39 is 0 Å². The van der Waals surface area contributed by atoms with E-state index in [1.165, 1.54) is 0 Å². The van der Waals surface area contributed by atoms with Crippen LogP contribution in [0.15, 0.2) is 36.6 Å². The van der Waals surface area contributed by atoms with E-state index in [1.807, 2.05) is 18.2 Å². The summed E-state index contributed by atoms with van der Waals surface area (Å²) in [5.74, 6) is 1.38. The molecule has 0 saturated heterocycles. The zero-order valence-electron chi connectivity index (χ0n) is 11.0. The van der Waals surface area contributed by atoms with Gasteiger partial charge in [0.15, 0.2) is 0 Å². The van der Waals surface area contributed by atoms with E-state index in [2.05, 4.69) is 6.58 Å². The van der Waals surface area contributed by atoms with Crippen LogP contribution in [0.1, 0.15) is 10.4 Å². The fourth-order valence-corrected chi connectivity index (χ4v) is 2.49. The smallest absolute Gasteiger partial charge is 0.254 e. The molecule has 20 heavy (non-hydrogen) atoms. The summed E-state index contributed by atoms with van der Waals surface area (Å²) in [5, 5.41) is 10.8. The Hall–Kier alpha value is -2.33. The highest BCUT2D eigenvalue weighted by Gasteiger charge is 2.21. The SMILES string of the molecule is C=CC1=CC=c2c(ccc3c2=CCN(CCO)C3=O)O1. The molecule has 1 amide bonds. The highest BCUT2D eigenvalue weighted by atomic mass is 16.5.